The summed E-state index contributed by atoms with van der Waals surface area (Å²) in [5.74, 6) is 1.37. The number of rotatable bonds is 5. The molecule has 0 radical (unpaired) electrons. The molecule has 23 heavy (non-hydrogen) atoms. The number of carbonyl (C=O) groups is 2. The number of hydrogen-bond acceptors (Lipinski definition) is 3. The van der Waals surface area contributed by atoms with Gasteiger partial charge in [0, 0.05) is 25.0 Å². The van der Waals surface area contributed by atoms with Gasteiger partial charge in [0.05, 0.1) is 13.5 Å². The molecule has 2 amide bonds. The van der Waals surface area contributed by atoms with Gasteiger partial charge in [-0.25, -0.2) is 0 Å². The first-order valence-corrected chi connectivity index (χ1v) is 8.37. The van der Waals surface area contributed by atoms with Crippen LogP contribution in [0.15, 0.2) is 24.3 Å². The van der Waals surface area contributed by atoms with Crippen LogP contribution in [0.2, 0.25) is 0 Å². The van der Waals surface area contributed by atoms with Gasteiger partial charge in [0.25, 0.3) is 0 Å². The summed E-state index contributed by atoms with van der Waals surface area (Å²) in [5.41, 5.74) is 0.971. The summed E-state index contributed by atoms with van der Waals surface area (Å²) in [5, 5.41) is 3.11. The van der Waals surface area contributed by atoms with Crippen LogP contribution >= 0.6 is 0 Å². The molecule has 0 atom stereocenters. The van der Waals surface area contributed by atoms with E-state index in [1.807, 2.05) is 29.2 Å². The first-order valence-electron chi connectivity index (χ1n) is 8.37. The molecule has 2 aliphatic rings. The molecule has 1 aromatic carbocycles. The first kappa shape index (κ1) is 15.8. The molecular formula is C18H24N2O3. The van der Waals surface area contributed by atoms with Crippen LogP contribution in [0.3, 0.4) is 0 Å². The van der Waals surface area contributed by atoms with Gasteiger partial charge in [0.1, 0.15) is 5.75 Å². The van der Waals surface area contributed by atoms with E-state index in [9.17, 15) is 9.59 Å². The molecule has 5 heteroatoms. The van der Waals surface area contributed by atoms with Gasteiger partial charge in [-0.3, -0.25) is 9.59 Å². The molecule has 1 N–H and O–H groups in total. The van der Waals surface area contributed by atoms with E-state index in [1.165, 1.54) is 0 Å². The predicted molar refractivity (Wildman–Crippen MR) is 87.2 cm³/mol. The minimum Gasteiger partial charge on any atom is -0.497 e. The third kappa shape index (κ3) is 4.24. The highest BCUT2D eigenvalue weighted by Crippen LogP contribution is 2.29. The Kier molecular flexibility index (Phi) is 4.84. The molecule has 0 aromatic heterocycles. The van der Waals surface area contributed by atoms with Gasteiger partial charge >= 0.3 is 0 Å². The maximum absolute atomic E-state index is 12.4. The van der Waals surface area contributed by atoms with Crippen LogP contribution in [0.4, 0.5) is 0 Å². The Labute approximate surface area is 137 Å². The van der Waals surface area contributed by atoms with Crippen LogP contribution in [0.5, 0.6) is 5.75 Å². The molecule has 124 valence electrons. The van der Waals surface area contributed by atoms with Crippen molar-refractivity contribution in [1.82, 2.24) is 10.2 Å². The van der Waals surface area contributed by atoms with Crippen LogP contribution in [0.1, 0.15) is 31.2 Å². The van der Waals surface area contributed by atoms with Gasteiger partial charge in [-0.05, 0) is 43.4 Å². The van der Waals surface area contributed by atoms with Crippen molar-refractivity contribution in [3.8, 4) is 5.75 Å². The maximum atomic E-state index is 12.4. The molecular weight excluding hydrogens is 292 g/mol. The maximum Gasteiger partial charge on any atom is 0.226 e. The first-order chi connectivity index (χ1) is 11.2. The lowest BCUT2D eigenvalue weighted by atomic mass is 10.0. The minimum atomic E-state index is 0.144. The monoisotopic (exact) mass is 316 g/mol. The quantitative estimate of drug-likeness (QED) is 0.900. The highest BCUT2D eigenvalue weighted by Gasteiger charge is 2.32. The lowest BCUT2D eigenvalue weighted by Gasteiger charge is -2.32. The fourth-order valence-corrected chi connectivity index (χ4v) is 3.01. The Balaban J connectivity index is 1.46. The number of nitrogens with one attached hydrogen (secondary N) is 1. The standard InChI is InChI=1S/C18H24N2O3/c1-23-16-4-2-3-13(11-16)12-17(21)20-9-7-15(8-10-20)19-18(22)14-5-6-14/h2-4,11,14-15H,5-10,12H2,1H3,(H,19,22). The molecule has 1 aliphatic heterocycles. The Morgan fingerprint density at radius 2 is 1.96 bits per heavy atom. The van der Waals surface area contributed by atoms with Gasteiger partial charge in [0.15, 0.2) is 0 Å². The summed E-state index contributed by atoms with van der Waals surface area (Å²) in [4.78, 5) is 26.1. The smallest absolute Gasteiger partial charge is 0.226 e. The van der Waals surface area contributed by atoms with Crippen LogP contribution in [0, 0.1) is 5.92 Å². The summed E-state index contributed by atoms with van der Waals surface area (Å²) in [7, 11) is 1.63. The lowest BCUT2D eigenvalue weighted by molar-refractivity contribution is -0.131. The average molecular weight is 316 g/mol. The summed E-state index contributed by atoms with van der Waals surface area (Å²) in [6, 6.07) is 7.86. The van der Waals surface area contributed by atoms with E-state index in [1.54, 1.807) is 7.11 Å². The van der Waals surface area contributed by atoms with Crippen molar-refractivity contribution in [2.24, 2.45) is 5.92 Å². The number of ether oxygens (including phenoxy) is 1. The van der Waals surface area contributed by atoms with Crippen LogP contribution in [-0.4, -0.2) is 43.0 Å². The number of amides is 2. The molecule has 2 fully saturated rings. The molecule has 1 saturated carbocycles. The van der Waals surface area contributed by atoms with E-state index >= 15 is 0 Å². The molecule has 0 bridgehead atoms. The van der Waals surface area contributed by atoms with Crippen molar-refractivity contribution in [3.63, 3.8) is 0 Å². The number of benzene rings is 1. The van der Waals surface area contributed by atoms with E-state index in [0.29, 0.717) is 6.42 Å². The molecule has 0 spiro atoms. The van der Waals surface area contributed by atoms with E-state index in [2.05, 4.69) is 5.32 Å². The van der Waals surface area contributed by atoms with Crippen molar-refractivity contribution in [2.75, 3.05) is 20.2 Å². The Morgan fingerprint density at radius 1 is 1.22 bits per heavy atom. The highest BCUT2D eigenvalue weighted by molar-refractivity contribution is 5.81. The number of hydrogen-bond donors (Lipinski definition) is 1. The molecule has 1 aliphatic carbocycles. The number of carbonyl (C=O) groups excluding carboxylic acids is 2. The zero-order valence-electron chi connectivity index (χ0n) is 13.6. The second-order valence-corrected chi connectivity index (χ2v) is 6.47. The number of likely N-dealkylation sites (tertiary alicyclic amines) is 1. The van der Waals surface area contributed by atoms with Gasteiger partial charge in [-0.2, -0.15) is 0 Å². The van der Waals surface area contributed by atoms with Crippen LogP contribution < -0.4 is 10.1 Å². The summed E-state index contributed by atoms with van der Waals surface area (Å²) < 4.78 is 5.19. The van der Waals surface area contributed by atoms with Gasteiger partial charge in [-0.15, -0.1) is 0 Å². The zero-order valence-corrected chi connectivity index (χ0v) is 13.6. The summed E-state index contributed by atoms with van der Waals surface area (Å²) in [6.07, 6.45) is 4.16. The Morgan fingerprint density at radius 3 is 2.61 bits per heavy atom. The highest BCUT2D eigenvalue weighted by atomic mass is 16.5. The summed E-state index contributed by atoms with van der Waals surface area (Å²) >= 11 is 0. The van der Waals surface area contributed by atoms with Crippen molar-refractivity contribution in [1.29, 1.82) is 0 Å². The largest absolute Gasteiger partial charge is 0.497 e. The van der Waals surface area contributed by atoms with E-state index in [4.69, 9.17) is 4.74 Å². The fraction of sp³-hybridized carbons (Fsp3) is 0.556. The molecule has 1 saturated heterocycles. The Hall–Kier alpha value is -2.04. The van der Waals surface area contributed by atoms with Crippen LogP contribution in [-0.2, 0) is 16.0 Å². The number of methoxy groups -OCH3 is 1. The van der Waals surface area contributed by atoms with Crippen LogP contribution in [0.25, 0.3) is 0 Å². The number of piperidine rings is 1. The third-order valence-electron chi connectivity index (χ3n) is 4.63. The average Bonchev–Trinajstić information content (AvgIpc) is 3.40. The van der Waals surface area contributed by atoms with Gasteiger partial charge in [0.2, 0.25) is 11.8 Å². The molecule has 5 nitrogen and oxygen atoms in total. The van der Waals surface area contributed by atoms with E-state index < -0.39 is 0 Å². The topological polar surface area (TPSA) is 58.6 Å². The SMILES string of the molecule is COc1cccc(CC(=O)N2CCC(NC(=O)C3CC3)CC2)c1. The Bertz CT molecular complexity index is 575. The molecule has 1 aromatic rings. The summed E-state index contributed by atoms with van der Waals surface area (Å²) in [6.45, 7) is 1.44. The minimum absolute atomic E-state index is 0.144. The zero-order chi connectivity index (χ0) is 16.2. The second-order valence-electron chi connectivity index (χ2n) is 6.47. The molecule has 3 rings (SSSR count). The van der Waals surface area contributed by atoms with E-state index in [0.717, 1.165) is 50.1 Å². The van der Waals surface area contributed by atoms with Crippen molar-refractivity contribution >= 4 is 11.8 Å². The molecule has 1 heterocycles. The van der Waals surface area contributed by atoms with Crippen molar-refractivity contribution in [2.45, 2.75) is 38.1 Å². The molecule has 0 unspecified atom stereocenters. The number of nitrogens with zero attached hydrogens (tertiary/aromatic N) is 1. The second kappa shape index (κ2) is 7.02. The predicted octanol–water partition coefficient (Wildman–Crippen LogP) is 1.75. The normalized spacial score (nSPS) is 18.6. The van der Waals surface area contributed by atoms with Gasteiger partial charge < -0.3 is 15.0 Å². The van der Waals surface area contributed by atoms with E-state index in [-0.39, 0.29) is 23.8 Å². The van der Waals surface area contributed by atoms with Gasteiger partial charge in [-0.1, -0.05) is 12.1 Å². The lowest BCUT2D eigenvalue weighted by Crippen LogP contribution is -2.47. The third-order valence-corrected chi connectivity index (χ3v) is 4.63. The van der Waals surface area contributed by atoms with Crippen molar-refractivity contribution < 1.29 is 14.3 Å². The van der Waals surface area contributed by atoms with Crippen molar-refractivity contribution in [3.05, 3.63) is 29.8 Å². The fourth-order valence-electron chi connectivity index (χ4n) is 3.01.